The summed E-state index contributed by atoms with van der Waals surface area (Å²) in [5.41, 5.74) is 8.81. The van der Waals surface area contributed by atoms with E-state index in [0.29, 0.717) is 0 Å². The molecule has 1 amide bonds. The summed E-state index contributed by atoms with van der Waals surface area (Å²) in [5.74, 6) is -0.533. The molecule has 0 heterocycles. The van der Waals surface area contributed by atoms with Crippen LogP contribution in [0.25, 0.3) is 0 Å². The lowest BCUT2D eigenvalue weighted by Crippen LogP contribution is -2.01. The third-order valence-corrected chi connectivity index (χ3v) is 1.49. The molecular weight excluding hydrogens is 138 g/mol. The van der Waals surface area contributed by atoms with Gasteiger partial charge < -0.3 is 0 Å². The van der Waals surface area contributed by atoms with Gasteiger partial charge in [0.05, 0.1) is 6.42 Å². The largest absolute Gasteiger partial charge is 0.273 e. The van der Waals surface area contributed by atoms with Gasteiger partial charge in [0.25, 0.3) is 0 Å². The third kappa shape index (κ3) is 2.42. The molecule has 0 saturated carbocycles. The first-order valence-corrected chi connectivity index (χ1v) is 3.48. The Balaban J connectivity index is 2.74. The quantitative estimate of drug-likeness (QED) is 0.624. The number of nitrogens with one attached hydrogen (secondary N) is 1. The molecule has 2 heteroatoms. The minimum absolute atomic E-state index is 0.222. The van der Waals surface area contributed by atoms with Crippen molar-refractivity contribution in [3.05, 3.63) is 35.4 Å². The minimum atomic E-state index is -0.533. The molecular formula is C9H10NO. The van der Waals surface area contributed by atoms with Gasteiger partial charge in [0.2, 0.25) is 5.91 Å². The first-order chi connectivity index (χ1) is 5.18. The highest BCUT2D eigenvalue weighted by Crippen LogP contribution is 2.03. The van der Waals surface area contributed by atoms with Crippen LogP contribution in [-0.2, 0) is 11.2 Å². The number of amides is 1. The molecule has 0 saturated heterocycles. The maximum absolute atomic E-state index is 10.4. The molecule has 2 nitrogen and oxygen atoms in total. The van der Waals surface area contributed by atoms with Gasteiger partial charge >= 0.3 is 0 Å². The molecule has 57 valence electrons. The summed E-state index contributed by atoms with van der Waals surface area (Å²) in [6, 6.07) is 7.64. The van der Waals surface area contributed by atoms with Gasteiger partial charge in [-0.2, -0.15) is 0 Å². The molecule has 1 aromatic carbocycles. The monoisotopic (exact) mass is 148 g/mol. The second-order valence-corrected chi connectivity index (χ2v) is 2.59. The van der Waals surface area contributed by atoms with E-state index in [2.05, 4.69) is 0 Å². The number of hydrogen-bond donors (Lipinski definition) is 0. The van der Waals surface area contributed by atoms with Crippen molar-refractivity contribution in [1.82, 2.24) is 5.73 Å². The van der Waals surface area contributed by atoms with Gasteiger partial charge in [-0.25, -0.2) is 0 Å². The highest BCUT2D eigenvalue weighted by Gasteiger charge is 1.96. The van der Waals surface area contributed by atoms with E-state index in [0.717, 1.165) is 5.56 Å². The van der Waals surface area contributed by atoms with E-state index < -0.39 is 5.91 Å². The summed E-state index contributed by atoms with van der Waals surface area (Å²) in [6.07, 6.45) is 0.222. The minimum Gasteiger partial charge on any atom is -0.273 e. The third-order valence-electron chi connectivity index (χ3n) is 1.49. The number of benzene rings is 1. The Labute approximate surface area is 66.0 Å². The fraction of sp³-hybridized carbons (Fsp3) is 0.222. The predicted octanol–water partition coefficient (Wildman–Crippen LogP) is 1.35. The van der Waals surface area contributed by atoms with E-state index in [-0.39, 0.29) is 6.42 Å². The van der Waals surface area contributed by atoms with Gasteiger partial charge in [0, 0.05) is 0 Å². The Morgan fingerprint density at radius 1 is 1.36 bits per heavy atom. The SMILES string of the molecule is Cc1ccc(CC([NH])=O)cc1. The van der Waals surface area contributed by atoms with E-state index in [4.69, 9.17) is 5.73 Å². The van der Waals surface area contributed by atoms with Gasteiger partial charge in [-0.1, -0.05) is 29.8 Å². The second-order valence-electron chi connectivity index (χ2n) is 2.59. The fourth-order valence-corrected chi connectivity index (χ4v) is 0.891. The van der Waals surface area contributed by atoms with E-state index >= 15 is 0 Å². The van der Waals surface area contributed by atoms with Gasteiger partial charge in [-0.15, -0.1) is 0 Å². The van der Waals surface area contributed by atoms with Crippen LogP contribution in [0, 0.1) is 6.92 Å². The number of carbonyl (C=O) groups excluding carboxylic acids is 1. The standard InChI is InChI=1S/C9H10NO/c1-7-2-4-8(5-3-7)6-9(10)11/h2-5,10H,6H2,1H3. The van der Waals surface area contributed by atoms with E-state index in [9.17, 15) is 4.79 Å². The highest BCUT2D eigenvalue weighted by atomic mass is 16.1. The molecule has 1 radical (unpaired) electrons. The van der Waals surface area contributed by atoms with Gasteiger partial charge in [-0.3, -0.25) is 10.5 Å². The number of hydrogen-bond acceptors (Lipinski definition) is 1. The van der Waals surface area contributed by atoms with Crippen LogP contribution < -0.4 is 5.73 Å². The number of rotatable bonds is 2. The maximum atomic E-state index is 10.4. The van der Waals surface area contributed by atoms with Crippen molar-refractivity contribution < 1.29 is 4.79 Å². The maximum Gasteiger partial charge on any atom is 0.242 e. The molecule has 0 atom stereocenters. The van der Waals surface area contributed by atoms with Crippen molar-refractivity contribution in [3.63, 3.8) is 0 Å². The van der Waals surface area contributed by atoms with Crippen LogP contribution in [0.4, 0.5) is 0 Å². The molecule has 11 heavy (non-hydrogen) atoms. The molecule has 0 aliphatic heterocycles. The smallest absolute Gasteiger partial charge is 0.242 e. The summed E-state index contributed by atoms with van der Waals surface area (Å²) < 4.78 is 0. The zero-order valence-corrected chi connectivity index (χ0v) is 6.42. The van der Waals surface area contributed by atoms with E-state index in [1.807, 2.05) is 31.2 Å². The van der Waals surface area contributed by atoms with Crippen LogP contribution in [0.2, 0.25) is 0 Å². The van der Waals surface area contributed by atoms with Crippen LogP contribution in [0.5, 0.6) is 0 Å². The van der Waals surface area contributed by atoms with Gasteiger partial charge in [0.15, 0.2) is 0 Å². The zero-order chi connectivity index (χ0) is 8.27. The topological polar surface area (TPSA) is 40.9 Å². The molecule has 0 bridgehead atoms. The lowest BCUT2D eigenvalue weighted by atomic mass is 10.1. The van der Waals surface area contributed by atoms with Crippen molar-refractivity contribution in [2.24, 2.45) is 0 Å². The van der Waals surface area contributed by atoms with E-state index in [1.54, 1.807) is 0 Å². The van der Waals surface area contributed by atoms with Crippen LogP contribution in [0.1, 0.15) is 11.1 Å². The molecule has 0 fully saturated rings. The number of aryl methyl sites for hydroxylation is 1. The number of carbonyl (C=O) groups is 1. The fourth-order valence-electron chi connectivity index (χ4n) is 0.891. The molecule has 0 aliphatic carbocycles. The first-order valence-electron chi connectivity index (χ1n) is 3.48. The Hall–Kier alpha value is -1.31. The summed E-state index contributed by atoms with van der Waals surface area (Å²) in [5, 5.41) is 0. The molecule has 1 rings (SSSR count). The van der Waals surface area contributed by atoms with Crippen LogP contribution in [0.3, 0.4) is 0 Å². The molecule has 1 N–H and O–H groups in total. The molecule has 0 unspecified atom stereocenters. The average molecular weight is 148 g/mol. The van der Waals surface area contributed by atoms with Crippen LogP contribution in [0.15, 0.2) is 24.3 Å². The Bertz CT molecular complexity index is 251. The molecule has 0 aliphatic rings. The normalized spacial score (nSPS) is 9.55. The highest BCUT2D eigenvalue weighted by molar-refractivity contribution is 5.75. The van der Waals surface area contributed by atoms with Crippen molar-refractivity contribution in [3.8, 4) is 0 Å². The van der Waals surface area contributed by atoms with Gasteiger partial charge in [-0.05, 0) is 12.5 Å². The first kappa shape index (κ1) is 7.79. The Kier molecular flexibility index (Phi) is 2.26. The summed E-state index contributed by atoms with van der Waals surface area (Å²) in [4.78, 5) is 10.4. The van der Waals surface area contributed by atoms with Crippen molar-refractivity contribution >= 4 is 5.91 Å². The second kappa shape index (κ2) is 3.19. The summed E-state index contributed by atoms with van der Waals surface area (Å²) >= 11 is 0. The molecule has 1 aromatic rings. The van der Waals surface area contributed by atoms with E-state index in [1.165, 1.54) is 5.56 Å². The Morgan fingerprint density at radius 2 is 1.91 bits per heavy atom. The van der Waals surface area contributed by atoms with Crippen LogP contribution >= 0.6 is 0 Å². The Morgan fingerprint density at radius 3 is 2.36 bits per heavy atom. The zero-order valence-electron chi connectivity index (χ0n) is 6.42. The lowest BCUT2D eigenvalue weighted by molar-refractivity contribution is -0.118. The van der Waals surface area contributed by atoms with Crippen molar-refractivity contribution in [2.45, 2.75) is 13.3 Å². The van der Waals surface area contributed by atoms with Crippen molar-refractivity contribution in [2.75, 3.05) is 0 Å². The lowest BCUT2D eigenvalue weighted by Gasteiger charge is -1.96. The van der Waals surface area contributed by atoms with Crippen LogP contribution in [-0.4, -0.2) is 5.91 Å². The predicted molar refractivity (Wildman–Crippen MR) is 43.0 cm³/mol. The molecule has 0 spiro atoms. The molecule has 0 aromatic heterocycles. The summed E-state index contributed by atoms with van der Waals surface area (Å²) in [7, 11) is 0. The average Bonchev–Trinajstić information content (AvgIpc) is 1.93. The summed E-state index contributed by atoms with van der Waals surface area (Å²) in [6.45, 7) is 1.99. The van der Waals surface area contributed by atoms with Gasteiger partial charge in [0.1, 0.15) is 0 Å². The van der Waals surface area contributed by atoms with Crippen molar-refractivity contribution in [1.29, 1.82) is 0 Å².